The molecule has 3 heteroatoms. The van der Waals surface area contributed by atoms with Gasteiger partial charge in [-0.2, -0.15) is 0 Å². The lowest BCUT2D eigenvalue weighted by atomic mass is 10.1. The second-order valence-electron chi connectivity index (χ2n) is 5.72. The standard InChI is InChI=1S/C20H20O3/c1-4-18(15-8-6-5-7-9-15)22-16-10-11-17-13(2)14(3)20(21)23-19(17)12-16/h5-12,18H,4H2,1-3H3. The summed E-state index contributed by atoms with van der Waals surface area (Å²) in [6, 6.07) is 15.8. The van der Waals surface area contributed by atoms with E-state index in [9.17, 15) is 4.79 Å². The lowest BCUT2D eigenvalue weighted by Gasteiger charge is -2.18. The number of rotatable bonds is 4. The van der Waals surface area contributed by atoms with E-state index < -0.39 is 0 Å². The molecule has 1 atom stereocenters. The molecular weight excluding hydrogens is 288 g/mol. The molecule has 1 heterocycles. The van der Waals surface area contributed by atoms with Crippen LogP contribution in [0.3, 0.4) is 0 Å². The fourth-order valence-corrected chi connectivity index (χ4v) is 2.72. The molecular formula is C20H20O3. The predicted molar refractivity (Wildman–Crippen MR) is 92.1 cm³/mol. The van der Waals surface area contributed by atoms with Gasteiger partial charge in [-0.15, -0.1) is 0 Å². The number of benzene rings is 2. The molecule has 0 saturated carbocycles. The summed E-state index contributed by atoms with van der Waals surface area (Å²) in [5.74, 6) is 0.708. The van der Waals surface area contributed by atoms with Crippen molar-refractivity contribution in [2.45, 2.75) is 33.3 Å². The topological polar surface area (TPSA) is 39.4 Å². The van der Waals surface area contributed by atoms with Gasteiger partial charge in [-0.05, 0) is 43.5 Å². The average molecular weight is 308 g/mol. The number of hydrogen-bond acceptors (Lipinski definition) is 3. The number of fused-ring (bicyclic) bond motifs is 1. The summed E-state index contributed by atoms with van der Waals surface area (Å²) in [5.41, 5.74) is 3.03. The van der Waals surface area contributed by atoms with Crippen molar-refractivity contribution in [3.63, 3.8) is 0 Å². The van der Waals surface area contributed by atoms with Crippen molar-refractivity contribution in [2.24, 2.45) is 0 Å². The Balaban J connectivity index is 1.97. The molecule has 2 aromatic carbocycles. The molecule has 1 unspecified atom stereocenters. The van der Waals surface area contributed by atoms with Gasteiger partial charge in [0.15, 0.2) is 0 Å². The zero-order chi connectivity index (χ0) is 16.4. The molecule has 0 bridgehead atoms. The lowest BCUT2D eigenvalue weighted by molar-refractivity contribution is 0.201. The third kappa shape index (κ3) is 3.00. The van der Waals surface area contributed by atoms with Crippen molar-refractivity contribution in [1.82, 2.24) is 0 Å². The number of hydrogen-bond donors (Lipinski definition) is 0. The van der Waals surface area contributed by atoms with Crippen molar-refractivity contribution in [3.8, 4) is 5.75 Å². The minimum absolute atomic E-state index is 0.0214. The normalized spacial score (nSPS) is 12.3. The summed E-state index contributed by atoms with van der Waals surface area (Å²) < 4.78 is 11.5. The summed E-state index contributed by atoms with van der Waals surface area (Å²) >= 11 is 0. The lowest BCUT2D eigenvalue weighted by Crippen LogP contribution is -2.07. The summed E-state index contributed by atoms with van der Waals surface area (Å²) in [7, 11) is 0. The summed E-state index contributed by atoms with van der Waals surface area (Å²) in [6.07, 6.45) is 0.839. The molecule has 0 N–H and O–H groups in total. The Bertz CT molecular complexity index is 879. The monoisotopic (exact) mass is 308 g/mol. The predicted octanol–water partition coefficient (Wildman–Crippen LogP) is 4.94. The molecule has 0 aliphatic heterocycles. The quantitative estimate of drug-likeness (QED) is 0.641. The van der Waals surface area contributed by atoms with Gasteiger partial charge in [-0.3, -0.25) is 0 Å². The zero-order valence-electron chi connectivity index (χ0n) is 13.6. The Morgan fingerprint density at radius 2 is 1.78 bits per heavy atom. The molecule has 0 fully saturated rings. The van der Waals surface area contributed by atoms with Crippen molar-refractivity contribution < 1.29 is 9.15 Å². The first-order chi connectivity index (χ1) is 11.1. The maximum absolute atomic E-state index is 11.9. The van der Waals surface area contributed by atoms with Crippen molar-refractivity contribution in [1.29, 1.82) is 0 Å². The van der Waals surface area contributed by atoms with Crippen molar-refractivity contribution in [2.75, 3.05) is 0 Å². The van der Waals surface area contributed by atoms with Crippen LogP contribution in [0.1, 0.15) is 36.1 Å². The molecule has 118 valence electrons. The maximum Gasteiger partial charge on any atom is 0.339 e. The minimum atomic E-state index is -0.290. The van der Waals surface area contributed by atoms with E-state index in [4.69, 9.17) is 9.15 Å². The van der Waals surface area contributed by atoms with Gasteiger partial charge in [0.1, 0.15) is 17.4 Å². The molecule has 3 aromatic rings. The van der Waals surface area contributed by atoms with Gasteiger partial charge in [0.2, 0.25) is 0 Å². The van der Waals surface area contributed by atoms with Gasteiger partial charge < -0.3 is 9.15 Å². The zero-order valence-corrected chi connectivity index (χ0v) is 13.6. The molecule has 0 spiro atoms. The third-order valence-corrected chi connectivity index (χ3v) is 4.25. The highest BCUT2D eigenvalue weighted by molar-refractivity contribution is 5.82. The van der Waals surface area contributed by atoms with Crippen molar-refractivity contribution in [3.05, 3.63) is 75.6 Å². The first-order valence-electron chi connectivity index (χ1n) is 7.85. The maximum atomic E-state index is 11.9. The van der Waals surface area contributed by atoms with Crippen LogP contribution in [0.15, 0.2) is 57.7 Å². The van der Waals surface area contributed by atoms with Crippen LogP contribution in [0.5, 0.6) is 5.75 Å². The summed E-state index contributed by atoms with van der Waals surface area (Å²) in [6.45, 7) is 5.81. The molecule has 0 amide bonds. The summed E-state index contributed by atoms with van der Waals surface area (Å²) in [5, 5.41) is 0.946. The van der Waals surface area contributed by atoms with Crippen LogP contribution in [-0.4, -0.2) is 0 Å². The van der Waals surface area contributed by atoms with Gasteiger partial charge in [0, 0.05) is 17.0 Å². The van der Waals surface area contributed by atoms with E-state index in [1.54, 1.807) is 13.0 Å². The van der Waals surface area contributed by atoms with Gasteiger partial charge >= 0.3 is 5.63 Å². The van der Waals surface area contributed by atoms with Gasteiger partial charge in [0.25, 0.3) is 0 Å². The first-order valence-corrected chi connectivity index (χ1v) is 7.85. The highest BCUT2D eigenvalue weighted by atomic mass is 16.5. The van der Waals surface area contributed by atoms with E-state index in [-0.39, 0.29) is 11.7 Å². The number of ether oxygens (including phenoxy) is 1. The molecule has 3 nitrogen and oxygen atoms in total. The van der Waals surface area contributed by atoms with Gasteiger partial charge in [-0.1, -0.05) is 37.3 Å². The Labute approximate surface area is 135 Å². The van der Waals surface area contributed by atoms with Gasteiger partial charge in [-0.25, -0.2) is 4.79 Å². The van der Waals surface area contributed by atoms with Crippen LogP contribution < -0.4 is 10.4 Å². The number of aryl methyl sites for hydroxylation is 1. The van der Waals surface area contributed by atoms with E-state index >= 15 is 0 Å². The van der Waals surface area contributed by atoms with Crippen LogP contribution in [0, 0.1) is 13.8 Å². The SMILES string of the molecule is CCC(Oc1ccc2c(C)c(C)c(=O)oc2c1)c1ccccc1. The Hall–Kier alpha value is -2.55. The second kappa shape index (κ2) is 6.29. The minimum Gasteiger partial charge on any atom is -0.486 e. The molecule has 23 heavy (non-hydrogen) atoms. The Kier molecular flexibility index (Phi) is 4.20. The largest absolute Gasteiger partial charge is 0.486 e. The van der Waals surface area contributed by atoms with Crippen LogP contribution in [0.4, 0.5) is 0 Å². The smallest absolute Gasteiger partial charge is 0.339 e. The van der Waals surface area contributed by atoms with Crippen molar-refractivity contribution >= 4 is 11.0 Å². The Morgan fingerprint density at radius 3 is 2.48 bits per heavy atom. The van der Waals surface area contributed by atoms with E-state index in [1.165, 1.54) is 0 Å². The fraction of sp³-hybridized carbons (Fsp3) is 0.250. The molecule has 0 saturated heterocycles. The highest BCUT2D eigenvalue weighted by Gasteiger charge is 2.13. The van der Waals surface area contributed by atoms with E-state index in [0.29, 0.717) is 16.9 Å². The third-order valence-electron chi connectivity index (χ3n) is 4.25. The average Bonchev–Trinajstić information content (AvgIpc) is 2.58. The molecule has 0 radical (unpaired) electrons. The molecule has 1 aromatic heterocycles. The van der Waals surface area contributed by atoms with Crippen LogP contribution in [0.25, 0.3) is 11.0 Å². The van der Waals surface area contributed by atoms with Crippen LogP contribution in [0.2, 0.25) is 0 Å². The van der Waals surface area contributed by atoms with E-state index in [1.807, 2.05) is 37.3 Å². The van der Waals surface area contributed by atoms with Gasteiger partial charge in [0.05, 0.1) is 0 Å². The molecule has 3 rings (SSSR count). The fourth-order valence-electron chi connectivity index (χ4n) is 2.72. The Morgan fingerprint density at radius 1 is 1.04 bits per heavy atom. The van der Waals surface area contributed by atoms with Crippen LogP contribution in [-0.2, 0) is 0 Å². The molecule has 0 aliphatic rings. The first kappa shape index (κ1) is 15.3. The van der Waals surface area contributed by atoms with E-state index in [2.05, 4.69) is 19.1 Å². The highest BCUT2D eigenvalue weighted by Crippen LogP contribution is 2.28. The van der Waals surface area contributed by atoms with E-state index in [0.717, 1.165) is 22.9 Å². The van der Waals surface area contributed by atoms with Crippen LogP contribution >= 0.6 is 0 Å². The second-order valence-corrected chi connectivity index (χ2v) is 5.72. The summed E-state index contributed by atoms with van der Waals surface area (Å²) in [4.78, 5) is 11.9. The molecule has 0 aliphatic carbocycles.